The molecule has 2 fully saturated rings. The number of hydrogen-bond acceptors (Lipinski definition) is 10. The summed E-state index contributed by atoms with van der Waals surface area (Å²) in [6.07, 6.45) is -5.14. The van der Waals surface area contributed by atoms with Crippen molar-refractivity contribution in [3.63, 3.8) is 0 Å². The average Bonchev–Trinajstić information content (AvgIpc) is 3.44. The van der Waals surface area contributed by atoms with Crippen molar-refractivity contribution in [3.05, 3.63) is 58.7 Å². The predicted octanol–water partition coefficient (Wildman–Crippen LogP) is 3.13. The van der Waals surface area contributed by atoms with E-state index in [1.807, 2.05) is 0 Å². The monoisotopic (exact) mass is 699 g/mol. The number of nitriles is 1. The van der Waals surface area contributed by atoms with Gasteiger partial charge in [-0.25, -0.2) is 0 Å². The molecule has 266 valence electrons. The number of anilines is 1. The Bertz CT molecular complexity index is 1720. The fourth-order valence-corrected chi connectivity index (χ4v) is 6.22. The highest BCUT2D eigenvalue weighted by Crippen LogP contribution is 2.38. The minimum atomic E-state index is -4.74. The molecule has 16 heteroatoms. The summed E-state index contributed by atoms with van der Waals surface area (Å²) in [7, 11) is 0. The molecule has 2 atom stereocenters. The van der Waals surface area contributed by atoms with Crippen LogP contribution in [0.1, 0.15) is 65.0 Å². The number of carbonyl (C=O) groups is 5. The molecule has 13 nitrogen and oxygen atoms in total. The summed E-state index contributed by atoms with van der Waals surface area (Å²) in [4.78, 5) is 65.6. The smallest absolute Gasteiger partial charge is 0.417 e. The topological polar surface area (TPSA) is 167 Å². The van der Waals surface area contributed by atoms with E-state index in [1.165, 1.54) is 18.2 Å². The van der Waals surface area contributed by atoms with Crippen LogP contribution in [0.3, 0.4) is 0 Å². The van der Waals surface area contributed by atoms with Crippen LogP contribution in [0.2, 0.25) is 0 Å². The van der Waals surface area contributed by atoms with Gasteiger partial charge in [0.05, 0.1) is 48.1 Å². The first-order chi connectivity index (χ1) is 23.7. The van der Waals surface area contributed by atoms with E-state index < -0.39 is 58.5 Å². The van der Waals surface area contributed by atoms with Gasteiger partial charge in [-0.05, 0) is 43.2 Å². The van der Waals surface area contributed by atoms with Crippen molar-refractivity contribution in [1.29, 1.82) is 5.26 Å². The number of likely N-dealkylation sites (tertiary alicyclic amines) is 1. The van der Waals surface area contributed by atoms with Crippen LogP contribution in [-0.2, 0) is 30.0 Å². The quantitative estimate of drug-likeness (QED) is 0.221. The summed E-state index contributed by atoms with van der Waals surface area (Å²) in [6, 6.07) is 8.28. The Kier molecular flexibility index (Phi) is 10.8. The van der Waals surface area contributed by atoms with Crippen LogP contribution in [0, 0.1) is 16.7 Å². The molecular formula is C34H36F3N5O8. The molecule has 3 heterocycles. The number of benzene rings is 2. The zero-order valence-corrected chi connectivity index (χ0v) is 27.4. The van der Waals surface area contributed by atoms with Crippen LogP contribution in [0.4, 0.5) is 18.9 Å². The summed E-state index contributed by atoms with van der Waals surface area (Å²) in [5.74, 6) is -2.81. The molecule has 0 spiro atoms. The highest BCUT2D eigenvalue weighted by Gasteiger charge is 2.48. The maximum absolute atomic E-state index is 13.4. The van der Waals surface area contributed by atoms with E-state index >= 15 is 0 Å². The number of ether oxygens (including phenoxy) is 3. The third-order valence-electron chi connectivity index (χ3n) is 8.63. The standard InChI is InChI=1S/C34H36F3N5O8/c1-33(2)19-41(32(47)28(33)50-21-8-7-20(18-38)23(17-21)34(35,36)37)12-4-13-48-15-16-49-14-11-39-24-6-3-5-22-27(24)31(46)42(30(22)45)25-9-10-26(43)40-29(25)44/h3,5-8,17,25,28,39H,4,9-16,19H2,1-2H3,(H,40,43,44). The van der Waals surface area contributed by atoms with Gasteiger partial charge in [0.15, 0.2) is 6.10 Å². The van der Waals surface area contributed by atoms with E-state index in [2.05, 4.69) is 10.6 Å². The van der Waals surface area contributed by atoms with Crippen molar-refractivity contribution in [3.8, 4) is 11.8 Å². The van der Waals surface area contributed by atoms with Gasteiger partial charge in [0.1, 0.15) is 11.8 Å². The lowest BCUT2D eigenvalue weighted by Crippen LogP contribution is -2.54. The Labute approximate surface area is 285 Å². The second-order valence-electron chi connectivity index (χ2n) is 12.7. The number of rotatable bonds is 14. The number of amides is 5. The van der Waals surface area contributed by atoms with Crippen molar-refractivity contribution in [2.24, 2.45) is 5.41 Å². The predicted molar refractivity (Wildman–Crippen MR) is 169 cm³/mol. The number of alkyl halides is 3. The average molecular weight is 700 g/mol. The molecule has 5 rings (SSSR count). The lowest BCUT2D eigenvalue weighted by molar-refractivity contribution is -0.138. The summed E-state index contributed by atoms with van der Waals surface area (Å²) < 4.78 is 57.1. The molecule has 0 saturated carbocycles. The second kappa shape index (κ2) is 14.9. The molecule has 2 aromatic rings. The fraction of sp³-hybridized carbons (Fsp3) is 0.471. The number of fused-ring (bicyclic) bond motifs is 1. The molecule has 50 heavy (non-hydrogen) atoms. The molecule has 0 bridgehead atoms. The zero-order chi connectivity index (χ0) is 36.2. The third-order valence-corrected chi connectivity index (χ3v) is 8.63. The summed E-state index contributed by atoms with van der Waals surface area (Å²) in [5.41, 5.74) is -1.57. The maximum Gasteiger partial charge on any atom is 0.417 e. The van der Waals surface area contributed by atoms with E-state index in [9.17, 15) is 37.1 Å². The molecule has 2 aromatic carbocycles. The van der Waals surface area contributed by atoms with E-state index in [4.69, 9.17) is 19.5 Å². The van der Waals surface area contributed by atoms with Crippen LogP contribution in [-0.4, -0.2) is 97.5 Å². The van der Waals surface area contributed by atoms with Crippen LogP contribution in [0.5, 0.6) is 5.75 Å². The SMILES string of the molecule is CC1(C)CN(CCCOCCOCCNc2cccc3c2C(=O)N(C2CCC(=O)NC2=O)C3=O)C(=O)C1Oc1ccc(C#N)c(C(F)(F)F)c1. The first kappa shape index (κ1) is 36.3. The van der Waals surface area contributed by atoms with Crippen molar-refractivity contribution >= 4 is 35.2 Å². The van der Waals surface area contributed by atoms with Crippen LogP contribution >= 0.6 is 0 Å². The molecule has 2 unspecified atom stereocenters. The lowest BCUT2D eigenvalue weighted by Gasteiger charge is -2.27. The Morgan fingerprint density at radius 1 is 1.02 bits per heavy atom. The molecule has 0 radical (unpaired) electrons. The highest BCUT2D eigenvalue weighted by molar-refractivity contribution is 6.25. The third kappa shape index (κ3) is 7.74. The number of nitrogens with one attached hydrogen (secondary N) is 2. The van der Waals surface area contributed by atoms with Gasteiger partial charge in [0.25, 0.3) is 17.7 Å². The van der Waals surface area contributed by atoms with Crippen molar-refractivity contribution < 1.29 is 51.4 Å². The Morgan fingerprint density at radius 3 is 2.46 bits per heavy atom. The second-order valence-corrected chi connectivity index (χ2v) is 12.7. The van der Waals surface area contributed by atoms with E-state index in [-0.39, 0.29) is 55.4 Å². The minimum Gasteiger partial charge on any atom is -0.480 e. The van der Waals surface area contributed by atoms with E-state index in [0.717, 1.165) is 17.0 Å². The molecule has 5 amide bonds. The number of nitrogens with zero attached hydrogens (tertiary/aromatic N) is 3. The van der Waals surface area contributed by atoms with Gasteiger partial charge in [-0.1, -0.05) is 19.9 Å². The first-order valence-corrected chi connectivity index (χ1v) is 16.0. The Balaban J connectivity index is 1.00. The number of imide groups is 2. The van der Waals surface area contributed by atoms with Crippen molar-refractivity contribution in [2.75, 3.05) is 51.4 Å². The van der Waals surface area contributed by atoms with Gasteiger partial charge in [-0.3, -0.25) is 34.2 Å². The largest absolute Gasteiger partial charge is 0.480 e. The van der Waals surface area contributed by atoms with Gasteiger partial charge in [-0.2, -0.15) is 18.4 Å². The van der Waals surface area contributed by atoms with Crippen molar-refractivity contribution in [1.82, 2.24) is 15.1 Å². The number of hydrogen-bond donors (Lipinski definition) is 2. The number of piperidine rings is 1. The maximum atomic E-state index is 13.4. The lowest BCUT2D eigenvalue weighted by atomic mass is 9.89. The van der Waals surface area contributed by atoms with Crippen molar-refractivity contribution in [2.45, 2.75) is 51.4 Å². The van der Waals surface area contributed by atoms with Crippen LogP contribution in [0.15, 0.2) is 36.4 Å². The van der Waals surface area contributed by atoms with Gasteiger partial charge >= 0.3 is 6.18 Å². The number of carbonyl (C=O) groups excluding carboxylic acids is 5. The summed E-state index contributed by atoms with van der Waals surface area (Å²) in [6.45, 7) is 5.74. The molecule has 2 N–H and O–H groups in total. The summed E-state index contributed by atoms with van der Waals surface area (Å²) >= 11 is 0. The van der Waals surface area contributed by atoms with Gasteiger partial charge in [0, 0.05) is 43.8 Å². The molecule has 0 aliphatic carbocycles. The molecule has 3 aliphatic heterocycles. The molecule has 2 saturated heterocycles. The van der Waals surface area contributed by atoms with Gasteiger partial charge < -0.3 is 24.4 Å². The normalized spacial score (nSPS) is 20.2. The minimum absolute atomic E-state index is 0.0320. The Morgan fingerprint density at radius 2 is 1.76 bits per heavy atom. The zero-order valence-electron chi connectivity index (χ0n) is 27.4. The highest BCUT2D eigenvalue weighted by atomic mass is 19.4. The first-order valence-electron chi connectivity index (χ1n) is 16.0. The summed E-state index contributed by atoms with van der Waals surface area (Å²) in [5, 5.41) is 14.3. The molecular weight excluding hydrogens is 663 g/mol. The fourth-order valence-electron chi connectivity index (χ4n) is 6.22. The van der Waals surface area contributed by atoms with Gasteiger partial charge in [0.2, 0.25) is 11.8 Å². The van der Waals surface area contributed by atoms with Gasteiger partial charge in [-0.15, -0.1) is 0 Å². The molecule has 3 aliphatic rings. The van der Waals surface area contributed by atoms with Crippen LogP contribution in [0.25, 0.3) is 0 Å². The number of halogens is 3. The van der Waals surface area contributed by atoms with Crippen LogP contribution < -0.4 is 15.4 Å². The van der Waals surface area contributed by atoms with E-state index in [0.29, 0.717) is 38.3 Å². The molecule has 0 aromatic heterocycles. The van der Waals surface area contributed by atoms with E-state index in [1.54, 1.807) is 30.9 Å². The Hall–Kier alpha value is -5.01.